The van der Waals surface area contributed by atoms with Crippen LogP contribution in [0.1, 0.15) is 18.0 Å². The number of nitro benzene ring substituents is 1. The Labute approximate surface area is 214 Å². The summed E-state index contributed by atoms with van der Waals surface area (Å²) in [6.07, 6.45) is -1.31. The number of nitro groups is 1. The molecule has 14 heteroatoms. The Morgan fingerprint density at radius 1 is 1.16 bits per heavy atom. The summed E-state index contributed by atoms with van der Waals surface area (Å²) in [5, 5.41) is 19.7. The molecular formula is C24H20F2N4O8. The summed E-state index contributed by atoms with van der Waals surface area (Å²) in [7, 11) is 2.49. The first kappa shape index (κ1) is 27.7. The quantitative estimate of drug-likeness (QED) is 0.215. The van der Waals surface area contributed by atoms with E-state index >= 15 is 0 Å². The molecule has 0 N–H and O–H groups in total. The highest BCUT2D eigenvalue weighted by Crippen LogP contribution is 2.37. The highest BCUT2D eigenvalue weighted by atomic mass is 19.2. The Kier molecular flexibility index (Phi) is 9.01. The third-order valence-electron chi connectivity index (χ3n) is 5.12. The predicted molar refractivity (Wildman–Crippen MR) is 125 cm³/mol. The number of amidine groups is 1. The van der Waals surface area contributed by atoms with Crippen molar-refractivity contribution in [3.63, 3.8) is 0 Å². The van der Waals surface area contributed by atoms with Gasteiger partial charge in [0.05, 0.1) is 42.4 Å². The summed E-state index contributed by atoms with van der Waals surface area (Å²) >= 11 is 0. The third kappa shape index (κ3) is 6.08. The second-order valence-corrected chi connectivity index (χ2v) is 7.50. The standard InChI is InChI=1S/C24H20F2N4O8/c1-35-13-19-20(22(31)37-11-3-10-27)21(14-4-9-17(25)18(26)12-14)29(23(28-19)36-2)24(32)38-16-7-5-15(6-8-16)30(33)34/h4-9,12,21H,3,11,13H2,1-2H3. The second kappa shape index (κ2) is 12.4. The summed E-state index contributed by atoms with van der Waals surface area (Å²) in [6, 6.07) is 7.19. The largest absolute Gasteiger partial charge is 0.468 e. The van der Waals surface area contributed by atoms with Gasteiger partial charge in [-0.3, -0.25) is 10.1 Å². The molecule has 0 aliphatic carbocycles. The lowest BCUT2D eigenvalue weighted by atomic mass is 9.94. The number of aliphatic imine (C=N–C) groups is 1. The van der Waals surface area contributed by atoms with Crippen LogP contribution in [0.2, 0.25) is 0 Å². The maximum absolute atomic E-state index is 14.3. The predicted octanol–water partition coefficient (Wildman–Crippen LogP) is 3.79. The van der Waals surface area contributed by atoms with E-state index in [2.05, 4.69) is 4.99 Å². The Bertz CT molecular complexity index is 1340. The fraction of sp³-hybridized carbons (Fsp3) is 0.250. The van der Waals surface area contributed by atoms with Crippen molar-refractivity contribution in [1.29, 1.82) is 5.26 Å². The molecule has 0 saturated carbocycles. The first-order chi connectivity index (χ1) is 18.2. The molecule has 198 valence electrons. The molecule has 1 unspecified atom stereocenters. The van der Waals surface area contributed by atoms with Crippen molar-refractivity contribution >= 4 is 23.8 Å². The number of non-ortho nitro benzene ring substituents is 1. The normalized spacial score (nSPS) is 14.9. The Balaban J connectivity index is 2.14. The van der Waals surface area contributed by atoms with Crippen molar-refractivity contribution < 1.29 is 42.2 Å². The number of carbonyl (C=O) groups is 2. The average Bonchev–Trinajstić information content (AvgIpc) is 2.90. The molecule has 12 nitrogen and oxygen atoms in total. The number of nitrogens with zero attached hydrogens (tertiary/aromatic N) is 4. The number of esters is 1. The minimum absolute atomic E-state index is 0.0413. The van der Waals surface area contributed by atoms with Crippen LogP contribution in [0.4, 0.5) is 19.3 Å². The van der Waals surface area contributed by atoms with Crippen molar-refractivity contribution in [3.05, 3.63) is 81.0 Å². The number of amides is 1. The third-order valence-corrected chi connectivity index (χ3v) is 5.12. The fourth-order valence-corrected chi connectivity index (χ4v) is 3.48. The first-order valence-electron chi connectivity index (χ1n) is 10.8. The number of hydrogen-bond acceptors (Lipinski definition) is 10. The maximum atomic E-state index is 14.3. The van der Waals surface area contributed by atoms with Gasteiger partial charge in [-0.1, -0.05) is 6.07 Å². The number of benzene rings is 2. The number of rotatable bonds is 8. The molecule has 0 radical (unpaired) electrons. The maximum Gasteiger partial charge on any atom is 0.424 e. The van der Waals surface area contributed by atoms with Crippen molar-refractivity contribution in [2.45, 2.75) is 12.5 Å². The molecule has 1 aliphatic heterocycles. The molecule has 2 aromatic carbocycles. The van der Waals surface area contributed by atoms with E-state index in [4.69, 9.17) is 24.2 Å². The molecule has 0 fully saturated rings. The zero-order valence-electron chi connectivity index (χ0n) is 20.1. The van der Waals surface area contributed by atoms with Gasteiger partial charge in [-0.05, 0) is 29.8 Å². The molecule has 0 saturated heterocycles. The van der Waals surface area contributed by atoms with Gasteiger partial charge in [0.25, 0.3) is 5.69 Å². The van der Waals surface area contributed by atoms with Crippen molar-refractivity contribution in [2.24, 2.45) is 4.99 Å². The van der Waals surface area contributed by atoms with Crippen molar-refractivity contribution in [1.82, 2.24) is 4.90 Å². The smallest absolute Gasteiger partial charge is 0.424 e. The second-order valence-electron chi connectivity index (χ2n) is 7.50. The van der Waals surface area contributed by atoms with Crippen LogP contribution in [-0.4, -0.2) is 55.3 Å². The lowest BCUT2D eigenvalue weighted by Crippen LogP contribution is -2.47. The molecule has 0 bridgehead atoms. The number of carbonyl (C=O) groups excluding carboxylic acids is 2. The molecule has 1 atom stereocenters. The van der Waals surface area contributed by atoms with Crippen LogP contribution in [0.15, 0.2) is 58.7 Å². The molecular weight excluding hydrogens is 510 g/mol. The van der Waals surface area contributed by atoms with Crippen LogP contribution in [0.25, 0.3) is 0 Å². The van der Waals surface area contributed by atoms with Crippen molar-refractivity contribution in [2.75, 3.05) is 27.4 Å². The molecule has 38 heavy (non-hydrogen) atoms. The van der Waals surface area contributed by atoms with E-state index in [1.54, 1.807) is 0 Å². The van der Waals surface area contributed by atoms with Crippen LogP contribution < -0.4 is 4.74 Å². The molecule has 1 heterocycles. The minimum atomic E-state index is -1.50. The summed E-state index contributed by atoms with van der Waals surface area (Å²) in [5.41, 5.74) is -0.649. The van der Waals surface area contributed by atoms with Crippen LogP contribution in [0.3, 0.4) is 0 Å². The van der Waals surface area contributed by atoms with Gasteiger partial charge in [0, 0.05) is 19.2 Å². The number of methoxy groups -OCH3 is 2. The van der Waals surface area contributed by atoms with E-state index in [0.29, 0.717) is 0 Å². The Hall–Kier alpha value is -4.90. The monoisotopic (exact) mass is 530 g/mol. The van der Waals surface area contributed by atoms with Gasteiger partial charge < -0.3 is 18.9 Å². The SMILES string of the molecule is COCC1=C(C(=O)OCCC#N)C(c2ccc(F)c(F)c2)N(C(=O)Oc2ccc([N+](=O)[O-])cc2)C(OC)=N1. The Morgan fingerprint density at radius 3 is 2.45 bits per heavy atom. The molecule has 2 aromatic rings. The summed E-state index contributed by atoms with van der Waals surface area (Å²) in [4.78, 5) is 41.7. The number of nitriles is 1. The van der Waals surface area contributed by atoms with Gasteiger partial charge in [-0.2, -0.15) is 10.3 Å². The lowest BCUT2D eigenvalue weighted by Gasteiger charge is -2.35. The molecule has 1 aliphatic rings. The van der Waals surface area contributed by atoms with Gasteiger partial charge in [-0.25, -0.2) is 23.3 Å². The van der Waals surface area contributed by atoms with Gasteiger partial charge in [0.15, 0.2) is 11.6 Å². The van der Waals surface area contributed by atoms with Crippen molar-refractivity contribution in [3.8, 4) is 11.8 Å². The van der Waals surface area contributed by atoms with E-state index in [9.17, 15) is 28.5 Å². The Morgan fingerprint density at radius 2 is 1.87 bits per heavy atom. The minimum Gasteiger partial charge on any atom is -0.468 e. The van der Waals surface area contributed by atoms with E-state index in [1.807, 2.05) is 6.07 Å². The molecule has 0 aromatic heterocycles. The highest BCUT2D eigenvalue weighted by molar-refractivity contribution is 6.00. The van der Waals surface area contributed by atoms with Gasteiger partial charge in [-0.15, -0.1) is 0 Å². The zero-order chi connectivity index (χ0) is 27.8. The zero-order valence-corrected chi connectivity index (χ0v) is 20.1. The van der Waals surface area contributed by atoms with Crippen LogP contribution in [-0.2, 0) is 19.0 Å². The van der Waals surface area contributed by atoms with Crippen LogP contribution in [0.5, 0.6) is 5.75 Å². The average molecular weight is 530 g/mol. The van der Waals surface area contributed by atoms with E-state index in [-0.39, 0.29) is 53.9 Å². The number of ether oxygens (including phenoxy) is 4. The van der Waals surface area contributed by atoms with E-state index in [1.165, 1.54) is 26.4 Å². The van der Waals surface area contributed by atoms with E-state index in [0.717, 1.165) is 35.2 Å². The van der Waals surface area contributed by atoms with E-state index < -0.39 is 34.7 Å². The number of hydrogen-bond donors (Lipinski definition) is 0. The van der Waals surface area contributed by atoms with Crippen LogP contribution in [0, 0.1) is 33.1 Å². The fourth-order valence-electron chi connectivity index (χ4n) is 3.48. The van der Waals surface area contributed by atoms with Crippen LogP contribution >= 0.6 is 0 Å². The molecule has 3 rings (SSSR count). The summed E-state index contributed by atoms with van der Waals surface area (Å²) in [5.74, 6) is -3.55. The topological polar surface area (TPSA) is 154 Å². The summed E-state index contributed by atoms with van der Waals surface area (Å²) in [6.45, 7) is -0.557. The summed E-state index contributed by atoms with van der Waals surface area (Å²) < 4.78 is 48.9. The van der Waals surface area contributed by atoms with Gasteiger partial charge >= 0.3 is 18.1 Å². The first-order valence-corrected chi connectivity index (χ1v) is 10.8. The van der Waals surface area contributed by atoms with Gasteiger partial charge in [0.2, 0.25) is 0 Å². The lowest BCUT2D eigenvalue weighted by molar-refractivity contribution is -0.384. The molecule has 0 spiro atoms. The highest BCUT2D eigenvalue weighted by Gasteiger charge is 2.43. The van der Waals surface area contributed by atoms with Gasteiger partial charge in [0.1, 0.15) is 18.4 Å². The number of halogens is 2. The molecule has 1 amide bonds.